The number of likely N-dealkylation sites (tertiary alicyclic amines) is 1. The predicted molar refractivity (Wildman–Crippen MR) is 89.6 cm³/mol. The Morgan fingerprint density at radius 2 is 1.96 bits per heavy atom. The van der Waals surface area contributed by atoms with Crippen molar-refractivity contribution in [3.8, 4) is 0 Å². The van der Waals surface area contributed by atoms with E-state index in [1.54, 1.807) is 24.5 Å². The Labute approximate surface area is 138 Å². The molecule has 6 nitrogen and oxygen atoms in total. The molecule has 1 aromatic rings. The number of hydrogen-bond acceptors (Lipinski definition) is 4. The average molecular weight is 339 g/mol. The molecule has 23 heavy (non-hydrogen) atoms. The third kappa shape index (κ3) is 5.58. The molecular weight excluding hydrogens is 314 g/mol. The van der Waals surface area contributed by atoms with Gasteiger partial charge in [0.1, 0.15) is 0 Å². The van der Waals surface area contributed by atoms with E-state index in [0.717, 1.165) is 19.3 Å². The van der Waals surface area contributed by atoms with E-state index >= 15 is 0 Å². The lowest BCUT2D eigenvalue weighted by molar-refractivity contribution is 0.0692. The summed E-state index contributed by atoms with van der Waals surface area (Å²) < 4.78 is 26.3. The average Bonchev–Trinajstić information content (AvgIpc) is 2.59. The van der Waals surface area contributed by atoms with Gasteiger partial charge in [0.05, 0.1) is 5.75 Å². The number of hydrogen-bond donors (Lipinski definition) is 1. The number of carbonyl (C=O) groups excluding carboxylic acids is 1. The van der Waals surface area contributed by atoms with Gasteiger partial charge in [-0.25, -0.2) is 13.1 Å². The maximum atomic E-state index is 12.3. The molecule has 0 radical (unpaired) electrons. The zero-order chi connectivity index (χ0) is 16.7. The Morgan fingerprint density at radius 1 is 1.30 bits per heavy atom. The first-order valence-electron chi connectivity index (χ1n) is 8.18. The van der Waals surface area contributed by atoms with Gasteiger partial charge in [-0.05, 0) is 37.3 Å². The van der Waals surface area contributed by atoms with Crippen molar-refractivity contribution in [2.45, 2.75) is 32.6 Å². The fourth-order valence-electron chi connectivity index (χ4n) is 2.67. The normalized spacial score (nSPS) is 16.5. The summed E-state index contributed by atoms with van der Waals surface area (Å²) in [6.07, 6.45) is 6.45. The van der Waals surface area contributed by atoms with Crippen LogP contribution in [0.4, 0.5) is 0 Å². The fraction of sp³-hybridized carbons (Fsp3) is 0.625. The summed E-state index contributed by atoms with van der Waals surface area (Å²) >= 11 is 0. The molecule has 1 fully saturated rings. The number of nitrogens with one attached hydrogen (secondary N) is 1. The zero-order valence-electron chi connectivity index (χ0n) is 13.6. The molecule has 0 bridgehead atoms. The maximum Gasteiger partial charge on any atom is 0.253 e. The van der Waals surface area contributed by atoms with Crippen LogP contribution in [0.15, 0.2) is 24.5 Å². The van der Waals surface area contributed by atoms with Crippen LogP contribution in [-0.2, 0) is 10.0 Å². The number of piperidine rings is 1. The monoisotopic (exact) mass is 339 g/mol. The molecule has 0 aromatic carbocycles. The lowest BCUT2D eigenvalue weighted by atomic mass is 9.97. The van der Waals surface area contributed by atoms with Crippen LogP contribution in [0.3, 0.4) is 0 Å². The van der Waals surface area contributed by atoms with Crippen LogP contribution < -0.4 is 4.72 Å². The van der Waals surface area contributed by atoms with Crippen LogP contribution >= 0.6 is 0 Å². The lowest BCUT2D eigenvalue weighted by Gasteiger charge is -2.32. The van der Waals surface area contributed by atoms with Gasteiger partial charge in [0, 0.05) is 37.6 Å². The second-order valence-electron chi connectivity index (χ2n) is 5.99. The van der Waals surface area contributed by atoms with Crippen molar-refractivity contribution in [3.05, 3.63) is 30.1 Å². The summed E-state index contributed by atoms with van der Waals surface area (Å²) in [6.45, 7) is 3.79. The van der Waals surface area contributed by atoms with Crippen LogP contribution in [0.25, 0.3) is 0 Å². The number of aromatic nitrogens is 1. The van der Waals surface area contributed by atoms with E-state index < -0.39 is 10.0 Å². The van der Waals surface area contributed by atoms with Crippen molar-refractivity contribution in [2.24, 2.45) is 5.92 Å². The van der Waals surface area contributed by atoms with Crippen molar-refractivity contribution in [3.63, 3.8) is 0 Å². The molecule has 1 saturated heterocycles. The van der Waals surface area contributed by atoms with Gasteiger partial charge in [-0.1, -0.05) is 13.3 Å². The number of carbonyl (C=O) groups is 1. The Morgan fingerprint density at radius 3 is 2.57 bits per heavy atom. The molecule has 2 rings (SSSR count). The molecule has 0 unspecified atom stereocenters. The van der Waals surface area contributed by atoms with Crippen molar-refractivity contribution < 1.29 is 13.2 Å². The first-order chi connectivity index (χ1) is 11.0. The molecule has 0 atom stereocenters. The highest BCUT2D eigenvalue weighted by Gasteiger charge is 2.24. The number of amides is 1. The molecule has 0 aliphatic carbocycles. The third-order valence-electron chi connectivity index (χ3n) is 4.19. The van der Waals surface area contributed by atoms with Crippen LogP contribution in [0.1, 0.15) is 43.0 Å². The van der Waals surface area contributed by atoms with Gasteiger partial charge in [0.2, 0.25) is 10.0 Å². The highest BCUT2D eigenvalue weighted by Crippen LogP contribution is 2.18. The van der Waals surface area contributed by atoms with Crippen molar-refractivity contribution in [1.82, 2.24) is 14.6 Å². The first-order valence-corrected chi connectivity index (χ1v) is 9.83. The van der Waals surface area contributed by atoms with Crippen LogP contribution in [0.2, 0.25) is 0 Å². The quantitative estimate of drug-likeness (QED) is 0.819. The number of sulfonamides is 1. The van der Waals surface area contributed by atoms with Gasteiger partial charge in [-0.2, -0.15) is 0 Å². The predicted octanol–water partition coefficient (Wildman–Crippen LogP) is 1.65. The van der Waals surface area contributed by atoms with Gasteiger partial charge < -0.3 is 4.90 Å². The van der Waals surface area contributed by atoms with E-state index in [0.29, 0.717) is 37.5 Å². The maximum absolute atomic E-state index is 12.3. The van der Waals surface area contributed by atoms with Gasteiger partial charge in [-0.15, -0.1) is 0 Å². The second kappa shape index (κ2) is 8.40. The minimum Gasteiger partial charge on any atom is -0.339 e. The van der Waals surface area contributed by atoms with Gasteiger partial charge in [0.25, 0.3) is 5.91 Å². The Bertz CT molecular complexity index is 596. The number of nitrogens with zero attached hydrogens (tertiary/aromatic N) is 2. The number of rotatable bonds is 7. The molecule has 0 saturated carbocycles. The lowest BCUT2D eigenvalue weighted by Crippen LogP contribution is -2.41. The summed E-state index contributed by atoms with van der Waals surface area (Å²) in [5.41, 5.74) is 0.652. The Hall–Kier alpha value is -1.47. The molecule has 1 aliphatic rings. The van der Waals surface area contributed by atoms with Gasteiger partial charge in [-0.3, -0.25) is 9.78 Å². The minimum absolute atomic E-state index is 0.0226. The highest BCUT2D eigenvalue weighted by molar-refractivity contribution is 7.89. The SMILES string of the molecule is CCCCS(=O)(=O)NCC1CCN(C(=O)c2ccncc2)CC1. The first kappa shape index (κ1) is 17.9. The molecule has 1 aromatic heterocycles. The van der Waals surface area contributed by atoms with Crippen LogP contribution in [0, 0.1) is 5.92 Å². The molecule has 2 heterocycles. The molecule has 1 amide bonds. The van der Waals surface area contributed by atoms with Gasteiger partial charge >= 0.3 is 0 Å². The standard InChI is InChI=1S/C16H25N3O3S/c1-2-3-12-23(21,22)18-13-14-6-10-19(11-7-14)16(20)15-4-8-17-9-5-15/h4-5,8-9,14,18H,2-3,6-7,10-13H2,1H3. The Kier molecular flexibility index (Phi) is 6.53. The van der Waals surface area contributed by atoms with E-state index in [2.05, 4.69) is 9.71 Å². The summed E-state index contributed by atoms with van der Waals surface area (Å²) in [4.78, 5) is 18.1. The molecule has 7 heteroatoms. The molecule has 1 aliphatic heterocycles. The number of pyridine rings is 1. The third-order valence-corrected chi connectivity index (χ3v) is 5.62. The van der Waals surface area contributed by atoms with Crippen molar-refractivity contribution in [2.75, 3.05) is 25.4 Å². The summed E-state index contributed by atoms with van der Waals surface area (Å²) in [6, 6.07) is 3.44. The van der Waals surface area contributed by atoms with Crippen molar-refractivity contribution >= 4 is 15.9 Å². The molecule has 128 valence electrons. The topological polar surface area (TPSA) is 79.4 Å². The van der Waals surface area contributed by atoms with E-state index in [1.165, 1.54) is 0 Å². The Balaban J connectivity index is 1.77. The number of unbranched alkanes of at least 4 members (excludes halogenated alkanes) is 1. The zero-order valence-corrected chi connectivity index (χ0v) is 14.4. The minimum atomic E-state index is -3.15. The molecular formula is C16H25N3O3S. The molecule has 1 N–H and O–H groups in total. The summed E-state index contributed by atoms with van der Waals surface area (Å²) in [7, 11) is -3.15. The van der Waals surface area contributed by atoms with Crippen molar-refractivity contribution in [1.29, 1.82) is 0 Å². The van der Waals surface area contributed by atoms with E-state index in [4.69, 9.17) is 0 Å². The van der Waals surface area contributed by atoms with E-state index in [1.807, 2.05) is 11.8 Å². The van der Waals surface area contributed by atoms with Crippen LogP contribution in [0.5, 0.6) is 0 Å². The summed E-state index contributed by atoms with van der Waals surface area (Å²) in [5, 5.41) is 0. The van der Waals surface area contributed by atoms with Gasteiger partial charge in [0.15, 0.2) is 0 Å². The smallest absolute Gasteiger partial charge is 0.253 e. The fourth-order valence-corrected chi connectivity index (χ4v) is 3.97. The second-order valence-corrected chi connectivity index (χ2v) is 7.92. The highest BCUT2D eigenvalue weighted by atomic mass is 32.2. The molecule has 0 spiro atoms. The largest absolute Gasteiger partial charge is 0.339 e. The van der Waals surface area contributed by atoms with E-state index in [-0.39, 0.29) is 11.7 Å². The van der Waals surface area contributed by atoms with E-state index in [9.17, 15) is 13.2 Å². The summed E-state index contributed by atoms with van der Waals surface area (Å²) in [5.74, 6) is 0.519. The van der Waals surface area contributed by atoms with Crippen LogP contribution in [-0.4, -0.2) is 49.6 Å².